The number of para-hydroxylation sites is 2. The Labute approximate surface area is 528 Å². The van der Waals surface area contributed by atoms with Gasteiger partial charge in [-0.15, -0.1) is 0 Å². The fourth-order valence-corrected chi connectivity index (χ4v) is 14.5. The van der Waals surface area contributed by atoms with Crippen LogP contribution in [0.15, 0.2) is 328 Å². The topological polar surface area (TPSA) is 13.0 Å². The summed E-state index contributed by atoms with van der Waals surface area (Å²) in [5.41, 5.74) is 25.9. The number of nitrogens with zero attached hydrogens (tertiary/aromatic N) is 4. The van der Waals surface area contributed by atoms with Crippen molar-refractivity contribution in [1.82, 2.24) is 0 Å². The Kier molecular flexibility index (Phi) is 13.2. The summed E-state index contributed by atoms with van der Waals surface area (Å²) in [4.78, 5) is 9.58. The standard InChI is InChI=1S/C86H66N4/c1-85(2)79-33-17-15-31-75(79)77-55-53-71(57-81(77)85)87(63-25-7-5-8-26-63)65-41-37-59(38-42-65)60-39-43-67(44-40-60)89(83-35-19-23-61-21-11-13-29-73(61)83)69-49-51-70(52-50-69)90(84-36-20-24-62-22-12-14-30-74(62)84)68-47-45-66(46-48-68)88(64-27-9-6-10-28-64)72-54-56-78-76-32-16-18-34-80(76)86(3,4)82(78)58-72/h5-58H,1-4H3. The van der Waals surface area contributed by atoms with Gasteiger partial charge in [0.2, 0.25) is 0 Å². The van der Waals surface area contributed by atoms with Crippen LogP contribution in [0.4, 0.5) is 68.2 Å². The lowest BCUT2D eigenvalue weighted by atomic mass is 9.82. The second-order valence-corrected chi connectivity index (χ2v) is 24.9. The van der Waals surface area contributed by atoms with Crippen LogP contribution in [0.5, 0.6) is 0 Å². The minimum absolute atomic E-state index is 0.106. The lowest BCUT2D eigenvalue weighted by Gasteiger charge is -2.31. The van der Waals surface area contributed by atoms with E-state index in [4.69, 9.17) is 0 Å². The van der Waals surface area contributed by atoms with Crippen LogP contribution in [0.3, 0.4) is 0 Å². The third-order valence-corrected chi connectivity index (χ3v) is 19.0. The first-order valence-corrected chi connectivity index (χ1v) is 31.3. The third-order valence-electron chi connectivity index (χ3n) is 19.0. The van der Waals surface area contributed by atoms with Crippen LogP contribution >= 0.6 is 0 Å². The lowest BCUT2D eigenvalue weighted by molar-refractivity contribution is 0.660. The van der Waals surface area contributed by atoms with Crippen molar-refractivity contribution in [3.8, 4) is 33.4 Å². The summed E-state index contributed by atoms with van der Waals surface area (Å²) in [6.45, 7) is 9.41. The molecular formula is C86H66N4. The molecule has 0 aliphatic heterocycles. The van der Waals surface area contributed by atoms with E-state index in [1.54, 1.807) is 0 Å². The normalized spacial score (nSPS) is 13.1. The molecule has 430 valence electrons. The van der Waals surface area contributed by atoms with Gasteiger partial charge in [0, 0.05) is 78.5 Å². The van der Waals surface area contributed by atoms with Crippen LogP contribution in [-0.4, -0.2) is 0 Å². The van der Waals surface area contributed by atoms with E-state index in [2.05, 4.69) is 375 Å². The number of hydrogen-bond donors (Lipinski definition) is 0. The molecule has 0 bridgehead atoms. The van der Waals surface area contributed by atoms with Crippen LogP contribution in [0.1, 0.15) is 49.9 Å². The quantitative estimate of drug-likeness (QED) is 0.114. The molecule has 0 atom stereocenters. The maximum Gasteiger partial charge on any atom is 0.0540 e. The highest BCUT2D eigenvalue weighted by atomic mass is 15.2. The second-order valence-electron chi connectivity index (χ2n) is 24.9. The predicted molar refractivity (Wildman–Crippen MR) is 381 cm³/mol. The van der Waals surface area contributed by atoms with Crippen LogP contribution < -0.4 is 19.6 Å². The first kappa shape index (κ1) is 54.2. The monoisotopic (exact) mass is 1150 g/mol. The zero-order valence-electron chi connectivity index (χ0n) is 51.0. The van der Waals surface area contributed by atoms with Gasteiger partial charge in [-0.05, 0) is 200 Å². The molecule has 0 fully saturated rings. The Hall–Kier alpha value is -11.2. The molecule has 14 aromatic rings. The molecule has 14 aromatic carbocycles. The van der Waals surface area contributed by atoms with E-state index in [9.17, 15) is 0 Å². The van der Waals surface area contributed by atoms with E-state index in [1.807, 2.05) is 0 Å². The van der Waals surface area contributed by atoms with Crippen molar-refractivity contribution in [2.24, 2.45) is 0 Å². The van der Waals surface area contributed by atoms with Crippen molar-refractivity contribution in [1.29, 1.82) is 0 Å². The van der Waals surface area contributed by atoms with Gasteiger partial charge in [0.25, 0.3) is 0 Å². The fourth-order valence-electron chi connectivity index (χ4n) is 14.5. The molecule has 90 heavy (non-hydrogen) atoms. The largest absolute Gasteiger partial charge is 0.310 e. The molecule has 0 saturated carbocycles. The third kappa shape index (κ3) is 9.22. The number of rotatable bonds is 13. The Morgan fingerprint density at radius 1 is 0.200 bits per heavy atom. The smallest absolute Gasteiger partial charge is 0.0540 e. The van der Waals surface area contributed by atoms with Gasteiger partial charge in [-0.25, -0.2) is 0 Å². The zero-order valence-corrected chi connectivity index (χ0v) is 51.0. The zero-order chi connectivity index (χ0) is 60.5. The molecule has 0 heterocycles. The Morgan fingerprint density at radius 3 is 0.867 bits per heavy atom. The Bertz CT molecular complexity index is 4980. The molecule has 0 saturated heterocycles. The van der Waals surface area contributed by atoms with Gasteiger partial charge in [-0.1, -0.05) is 222 Å². The summed E-state index contributed by atoms with van der Waals surface area (Å²) in [7, 11) is 0. The van der Waals surface area contributed by atoms with Gasteiger partial charge in [-0.3, -0.25) is 0 Å². The summed E-state index contributed by atoms with van der Waals surface area (Å²) in [6.07, 6.45) is 0. The van der Waals surface area contributed by atoms with E-state index in [0.717, 1.165) is 79.4 Å². The molecule has 0 aromatic heterocycles. The molecule has 16 rings (SSSR count). The average molecular weight is 1160 g/mol. The molecular weight excluding hydrogens is 1090 g/mol. The van der Waals surface area contributed by atoms with Crippen LogP contribution in [0, 0.1) is 0 Å². The van der Waals surface area contributed by atoms with Gasteiger partial charge in [0.1, 0.15) is 0 Å². The fraction of sp³-hybridized carbons (Fsp3) is 0.0698. The molecule has 2 aliphatic rings. The number of anilines is 12. The molecule has 4 nitrogen and oxygen atoms in total. The number of benzene rings is 14. The first-order valence-electron chi connectivity index (χ1n) is 31.3. The number of hydrogen-bond acceptors (Lipinski definition) is 4. The molecule has 4 heteroatoms. The molecule has 0 N–H and O–H groups in total. The van der Waals surface area contributed by atoms with E-state index in [1.165, 1.54) is 66.1 Å². The first-order chi connectivity index (χ1) is 44.2. The van der Waals surface area contributed by atoms with Crippen molar-refractivity contribution in [3.05, 3.63) is 350 Å². The molecule has 2 aliphatic carbocycles. The van der Waals surface area contributed by atoms with E-state index < -0.39 is 0 Å². The minimum atomic E-state index is -0.127. The summed E-state index contributed by atoms with van der Waals surface area (Å²) in [5, 5.41) is 4.73. The second kappa shape index (κ2) is 21.9. The highest BCUT2D eigenvalue weighted by Gasteiger charge is 2.37. The SMILES string of the molecule is CC1(C)c2ccccc2-c2ccc(N(c3ccccc3)c3ccc(-c4ccc(N(c5ccc(N(c6ccc(N(c7ccccc7)c7ccc8c(c7)C(C)(C)c7ccccc7-8)cc6)c6cccc7ccccc67)cc5)c5cccc6ccccc56)cc4)cc3)cc21. The van der Waals surface area contributed by atoms with E-state index >= 15 is 0 Å². The summed E-state index contributed by atoms with van der Waals surface area (Å²) in [5.74, 6) is 0. The molecule has 0 spiro atoms. The maximum atomic E-state index is 2.41. The van der Waals surface area contributed by atoms with Gasteiger partial charge < -0.3 is 19.6 Å². The van der Waals surface area contributed by atoms with Crippen LogP contribution in [0.25, 0.3) is 54.9 Å². The summed E-state index contributed by atoms with van der Waals surface area (Å²) >= 11 is 0. The van der Waals surface area contributed by atoms with E-state index in [0.29, 0.717) is 0 Å². The summed E-state index contributed by atoms with van der Waals surface area (Å²) < 4.78 is 0. The van der Waals surface area contributed by atoms with Crippen molar-refractivity contribution in [2.75, 3.05) is 19.6 Å². The van der Waals surface area contributed by atoms with Gasteiger partial charge in [0.15, 0.2) is 0 Å². The van der Waals surface area contributed by atoms with Crippen molar-refractivity contribution in [2.45, 2.75) is 38.5 Å². The number of fused-ring (bicyclic) bond motifs is 8. The Morgan fingerprint density at radius 2 is 0.478 bits per heavy atom. The van der Waals surface area contributed by atoms with Crippen LogP contribution in [-0.2, 0) is 10.8 Å². The van der Waals surface area contributed by atoms with Gasteiger partial charge in [0.05, 0.1) is 11.4 Å². The van der Waals surface area contributed by atoms with Crippen LogP contribution in [0.2, 0.25) is 0 Å². The van der Waals surface area contributed by atoms with Crippen molar-refractivity contribution >= 4 is 89.8 Å². The maximum absolute atomic E-state index is 2.41. The average Bonchev–Trinajstić information content (AvgIpc) is 1.64. The summed E-state index contributed by atoms with van der Waals surface area (Å²) in [6, 6.07) is 120. The predicted octanol–water partition coefficient (Wildman–Crippen LogP) is 24.2. The highest BCUT2D eigenvalue weighted by molar-refractivity contribution is 6.01. The highest BCUT2D eigenvalue weighted by Crippen LogP contribution is 2.53. The van der Waals surface area contributed by atoms with Gasteiger partial charge in [-0.2, -0.15) is 0 Å². The van der Waals surface area contributed by atoms with Crippen molar-refractivity contribution in [3.63, 3.8) is 0 Å². The molecule has 0 radical (unpaired) electrons. The minimum Gasteiger partial charge on any atom is -0.310 e. The molecule has 0 unspecified atom stereocenters. The lowest BCUT2D eigenvalue weighted by Crippen LogP contribution is -2.16. The molecule has 0 amide bonds. The van der Waals surface area contributed by atoms with Gasteiger partial charge >= 0.3 is 0 Å². The van der Waals surface area contributed by atoms with Crippen molar-refractivity contribution < 1.29 is 0 Å². The van der Waals surface area contributed by atoms with E-state index in [-0.39, 0.29) is 10.8 Å². The Balaban J connectivity index is 0.746.